The molecule has 0 spiro atoms. The topological polar surface area (TPSA) is 61.9 Å². The zero-order valence-electron chi connectivity index (χ0n) is 19.0. The van der Waals surface area contributed by atoms with Crippen LogP contribution >= 0.6 is 12.2 Å². The second-order valence-electron chi connectivity index (χ2n) is 8.12. The number of thiocarbonyl (C=S) groups is 1. The van der Waals surface area contributed by atoms with Gasteiger partial charge in [-0.1, -0.05) is 60.7 Å². The van der Waals surface area contributed by atoms with Crippen LogP contribution in [-0.2, 0) is 22.6 Å². The minimum atomic E-state index is -0.641. The van der Waals surface area contributed by atoms with Gasteiger partial charge in [0.1, 0.15) is 11.8 Å². The van der Waals surface area contributed by atoms with Gasteiger partial charge in [0.2, 0.25) is 5.91 Å². The fourth-order valence-corrected chi connectivity index (χ4v) is 4.38. The Morgan fingerprint density at radius 1 is 0.941 bits per heavy atom. The van der Waals surface area contributed by atoms with E-state index < -0.39 is 6.04 Å². The van der Waals surface area contributed by atoms with Crippen LogP contribution in [0.3, 0.4) is 0 Å². The molecule has 1 unspecified atom stereocenters. The fraction of sp³-hybridized carbons (Fsp3) is 0.222. The quantitative estimate of drug-likeness (QED) is 0.471. The number of benzene rings is 3. The SMILES string of the molecule is COc1ccc(CCN2C(=S)N(Cc3ccccc3)C(=O)C2CC(=O)Nc2ccccc2)cc1. The van der Waals surface area contributed by atoms with Gasteiger partial charge >= 0.3 is 0 Å². The van der Waals surface area contributed by atoms with Gasteiger partial charge in [-0.15, -0.1) is 0 Å². The summed E-state index contributed by atoms with van der Waals surface area (Å²) >= 11 is 5.73. The molecule has 1 heterocycles. The normalized spacial score (nSPS) is 15.5. The third-order valence-electron chi connectivity index (χ3n) is 5.82. The Morgan fingerprint density at radius 2 is 1.59 bits per heavy atom. The van der Waals surface area contributed by atoms with Gasteiger partial charge in [-0.2, -0.15) is 0 Å². The van der Waals surface area contributed by atoms with Crippen molar-refractivity contribution >= 4 is 34.8 Å². The first kappa shape index (κ1) is 23.4. The van der Waals surface area contributed by atoms with Crippen LogP contribution in [-0.4, -0.2) is 46.4 Å². The number of nitrogens with one attached hydrogen (secondary N) is 1. The number of para-hydroxylation sites is 1. The molecule has 1 aliphatic rings. The lowest BCUT2D eigenvalue weighted by Gasteiger charge is -2.24. The summed E-state index contributed by atoms with van der Waals surface area (Å²) in [5, 5.41) is 3.34. The van der Waals surface area contributed by atoms with Crippen molar-refractivity contribution in [2.75, 3.05) is 19.0 Å². The maximum atomic E-state index is 13.4. The smallest absolute Gasteiger partial charge is 0.252 e. The summed E-state index contributed by atoms with van der Waals surface area (Å²) in [6, 6.07) is 26.2. The van der Waals surface area contributed by atoms with Crippen LogP contribution in [0.1, 0.15) is 17.5 Å². The second kappa shape index (κ2) is 10.9. The zero-order valence-corrected chi connectivity index (χ0v) is 19.8. The van der Waals surface area contributed by atoms with Crippen LogP contribution < -0.4 is 10.1 Å². The third kappa shape index (κ3) is 5.61. The molecule has 34 heavy (non-hydrogen) atoms. The monoisotopic (exact) mass is 473 g/mol. The first-order valence-corrected chi connectivity index (χ1v) is 11.6. The molecule has 0 aliphatic carbocycles. The summed E-state index contributed by atoms with van der Waals surface area (Å²) in [4.78, 5) is 29.7. The van der Waals surface area contributed by atoms with Crippen molar-refractivity contribution in [2.24, 2.45) is 0 Å². The van der Waals surface area contributed by atoms with E-state index in [-0.39, 0.29) is 18.2 Å². The number of rotatable bonds is 9. The molecule has 1 aliphatic heterocycles. The van der Waals surface area contributed by atoms with Crippen LogP contribution in [0.25, 0.3) is 0 Å². The Labute approximate surface area is 205 Å². The van der Waals surface area contributed by atoms with Gasteiger partial charge in [0, 0.05) is 12.2 Å². The summed E-state index contributed by atoms with van der Waals surface area (Å²) in [5.41, 5.74) is 2.79. The number of ether oxygens (including phenoxy) is 1. The number of amides is 2. The minimum absolute atomic E-state index is 0.0295. The highest BCUT2D eigenvalue weighted by Crippen LogP contribution is 2.24. The molecule has 0 radical (unpaired) electrons. The van der Waals surface area contributed by atoms with E-state index in [1.807, 2.05) is 89.8 Å². The van der Waals surface area contributed by atoms with E-state index in [1.54, 1.807) is 12.0 Å². The molecule has 0 saturated carbocycles. The van der Waals surface area contributed by atoms with Crippen molar-refractivity contribution in [1.29, 1.82) is 0 Å². The van der Waals surface area contributed by atoms with Crippen LogP contribution in [0.5, 0.6) is 5.75 Å². The summed E-state index contributed by atoms with van der Waals surface area (Å²) in [6.07, 6.45) is 0.717. The van der Waals surface area contributed by atoms with E-state index in [1.165, 1.54) is 0 Å². The van der Waals surface area contributed by atoms with Gasteiger partial charge < -0.3 is 15.0 Å². The molecule has 6 nitrogen and oxygen atoms in total. The van der Waals surface area contributed by atoms with Crippen LogP contribution in [0.15, 0.2) is 84.9 Å². The van der Waals surface area contributed by atoms with Crippen molar-refractivity contribution < 1.29 is 14.3 Å². The molecule has 1 N–H and O–H groups in total. The average molecular weight is 474 g/mol. The molecule has 7 heteroatoms. The summed E-state index contributed by atoms with van der Waals surface area (Å²) in [5.74, 6) is 0.426. The Balaban J connectivity index is 1.50. The summed E-state index contributed by atoms with van der Waals surface area (Å²) < 4.78 is 5.23. The lowest BCUT2D eigenvalue weighted by atomic mass is 10.1. The number of hydrogen-bond acceptors (Lipinski definition) is 4. The Hall–Kier alpha value is -3.71. The molecule has 1 saturated heterocycles. The number of carbonyl (C=O) groups is 2. The van der Waals surface area contributed by atoms with Crippen molar-refractivity contribution in [3.05, 3.63) is 96.1 Å². The lowest BCUT2D eigenvalue weighted by Crippen LogP contribution is -2.39. The highest BCUT2D eigenvalue weighted by atomic mass is 32.1. The zero-order chi connectivity index (χ0) is 23.9. The molecule has 2 amide bonds. The average Bonchev–Trinajstić information content (AvgIpc) is 3.08. The molecule has 0 aromatic heterocycles. The number of methoxy groups -OCH3 is 1. The van der Waals surface area contributed by atoms with E-state index in [0.29, 0.717) is 30.3 Å². The molecule has 1 atom stereocenters. The van der Waals surface area contributed by atoms with Crippen molar-refractivity contribution in [1.82, 2.24) is 9.80 Å². The van der Waals surface area contributed by atoms with Crippen LogP contribution in [0.4, 0.5) is 5.69 Å². The van der Waals surface area contributed by atoms with Gasteiger partial charge in [-0.05, 0) is 54.0 Å². The van der Waals surface area contributed by atoms with Crippen molar-refractivity contribution in [3.8, 4) is 5.75 Å². The molecule has 3 aromatic carbocycles. The first-order valence-electron chi connectivity index (χ1n) is 11.2. The van der Waals surface area contributed by atoms with Crippen LogP contribution in [0, 0.1) is 0 Å². The highest BCUT2D eigenvalue weighted by molar-refractivity contribution is 7.80. The second-order valence-corrected chi connectivity index (χ2v) is 8.48. The minimum Gasteiger partial charge on any atom is -0.497 e. The standard InChI is InChI=1S/C27H27N3O3S/c1-33-23-14-12-20(13-15-23)16-17-29-24(18-25(31)28-22-10-6-3-7-11-22)26(32)30(27(29)34)19-21-8-4-2-5-9-21/h2-15,24H,16-19H2,1H3,(H,28,31). The van der Waals surface area contributed by atoms with E-state index in [4.69, 9.17) is 17.0 Å². The van der Waals surface area contributed by atoms with Gasteiger partial charge in [0.15, 0.2) is 5.11 Å². The fourth-order valence-electron chi connectivity index (χ4n) is 4.01. The predicted octanol–water partition coefficient (Wildman–Crippen LogP) is 4.26. The lowest BCUT2D eigenvalue weighted by molar-refractivity contribution is -0.131. The third-order valence-corrected chi connectivity index (χ3v) is 6.28. The maximum absolute atomic E-state index is 13.4. The van der Waals surface area contributed by atoms with Crippen molar-refractivity contribution in [2.45, 2.75) is 25.4 Å². The van der Waals surface area contributed by atoms with Crippen molar-refractivity contribution in [3.63, 3.8) is 0 Å². The number of anilines is 1. The Bertz CT molecular complexity index is 1140. The Kier molecular flexibility index (Phi) is 7.54. The van der Waals surface area contributed by atoms with E-state index in [9.17, 15) is 9.59 Å². The highest BCUT2D eigenvalue weighted by Gasteiger charge is 2.43. The number of nitrogens with zero attached hydrogens (tertiary/aromatic N) is 2. The molecule has 0 bridgehead atoms. The van der Waals surface area contributed by atoms with Gasteiger partial charge in [0.05, 0.1) is 20.1 Å². The maximum Gasteiger partial charge on any atom is 0.252 e. The van der Waals surface area contributed by atoms with Gasteiger partial charge in [-0.3, -0.25) is 14.5 Å². The van der Waals surface area contributed by atoms with Crippen LogP contribution in [0.2, 0.25) is 0 Å². The summed E-state index contributed by atoms with van der Waals surface area (Å²) in [6.45, 7) is 0.916. The molecule has 1 fully saturated rings. The molecule has 3 aromatic rings. The van der Waals surface area contributed by atoms with E-state index in [0.717, 1.165) is 16.9 Å². The number of carbonyl (C=O) groups excluding carboxylic acids is 2. The Morgan fingerprint density at radius 3 is 2.24 bits per heavy atom. The molecular weight excluding hydrogens is 446 g/mol. The summed E-state index contributed by atoms with van der Waals surface area (Å²) in [7, 11) is 1.63. The van der Waals surface area contributed by atoms with Gasteiger partial charge in [-0.25, -0.2) is 0 Å². The van der Waals surface area contributed by atoms with E-state index >= 15 is 0 Å². The van der Waals surface area contributed by atoms with Gasteiger partial charge in [0.25, 0.3) is 5.91 Å². The largest absolute Gasteiger partial charge is 0.497 e. The first-order chi connectivity index (χ1) is 16.5. The molecule has 174 valence electrons. The predicted molar refractivity (Wildman–Crippen MR) is 136 cm³/mol. The van der Waals surface area contributed by atoms with E-state index in [2.05, 4.69) is 5.32 Å². The number of hydrogen-bond donors (Lipinski definition) is 1. The molecular formula is C27H27N3O3S. The molecule has 4 rings (SSSR count).